The number of likely N-dealkylation sites (tertiary alicyclic amines) is 1. The minimum Gasteiger partial charge on any atom is -0.358 e. The fourth-order valence-corrected chi connectivity index (χ4v) is 4.40. The maximum absolute atomic E-state index is 6.10. The SMILES string of the molecule is Cc1cc(Cl)ccc1NC(=S)N1CCC(c2cc3cc(Cl)ccc3[nH]2)CC1. The molecule has 1 aromatic heterocycles. The summed E-state index contributed by atoms with van der Waals surface area (Å²) in [5.74, 6) is 0.521. The lowest BCUT2D eigenvalue weighted by Gasteiger charge is -2.33. The zero-order valence-corrected chi connectivity index (χ0v) is 17.4. The van der Waals surface area contributed by atoms with Gasteiger partial charge in [0.15, 0.2) is 5.11 Å². The predicted molar refractivity (Wildman–Crippen MR) is 119 cm³/mol. The molecule has 3 aromatic rings. The minimum absolute atomic E-state index is 0.521. The Kier molecular flexibility index (Phi) is 5.31. The Morgan fingerprint density at radius 1 is 1.07 bits per heavy atom. The van der Waals surface area contributed by atoms with Crippen LogP contribution in [0.1, 0.15) is 30.0 Å². The number of rotatable bonds is 2. The van der Waals surface area contributed by atoms with E-state index in [0.717, 1.165) is 57.9 Å². The van der Waals surface area contributed by atoms with Crippen molar-refractivity contribution in [3.63, 3.8) is 0 Å². The first-order valence-corrected chi connectivity index (χ1v) is 10.3. The Balaban J connectivity index is 1.39. The molecule has 2 heterocycles. The van der Waals surface area contributed by atoms with Crippen LogP contribution < -0.4 is 5.32 Å². The number of halogens is 2. The lowest BCUT2D eigenvalue weighted by atomic mass is 9.94. The molecule has 1 aliphatic heterocycles. The van der Waals surface area contributed by atoms with E-state index >= 15 is 0 Å². The van der Waals surface area contributed by atoms with Crippen molar-refractivity contribution in [1.29, 1.82) is 0 Å². The molecule has 2 N–H and O–H groups in total. The molecule has 6 heteroatoms. The second-order valence-electron chi connectivity index (χ2n) is 7.11. The van der Waals surface area contributed by atoms with Gasteiger partial charge in [-0.2, -0.15) is 0 Å². The van der Waals surface area contributed by atoms with E-state index < -0.39 is 0 Å². The molecule has 0 spiro atoms. The van der Waals surface area contributed by atoms with Gasteiger partial charge in [0.1, 0.15) is 0 Å². The number of fused-ring (bicyclic) bond motifs is 1. The van der Waals surface area contributed by atoms with Crippen LogP contribution in [0.4, 0.5) is 5.69 Å². The van der Waals surface area contributed by atoms with Gasteiger partial charge in [-0.25, -0.2) is 0 Å². The molecule has 2 aromatic carbocycles. The van der Waals surface area contributed by atoms with Crippen molar-refractivity contribution < 1.29 is 0 Å². The summed E-state index contributed by atoms with van der Waals surface area (Å²) >= 11 is 17.8. The van der Waals surface area contributed by atoms with E-state index in [1.165, 1.54) is 11.1 Å². The van der Waals surface area contributed by atoms with E-state index in [9.17, 15) is 0 Å². The molecule has 3 nitrogen and oxygen atoms in total. The maximum atomic E-state index is 6.10. The Morgan fingerprint density at radius 2 is 1.78 bits per heavy atom. The number of nitrogens with one attached hydrogen (secondary N) is 2. The van der Waals surface area contributed by atoms with Crippen molar-refractivity contribution in [2.75, 3.05) is 18.4 Å². The van der Waals surface area contributed by atoms with Gasteiger partial charge in [-0.1, -0.05) is 23.2 Å². The Bertz CT molecular complexity index is 990. The fraction of sp³-hybridized carbons (Fsp3) is 0.286. The van der Waals surface area contributed by atoms with Gasteiger partial charge in [-0.15, -0.1) is 0 Å². The fourth-order valence-electron chi connectivity index (χ4n) is 3.70. The summed E-state index contributed by atoms with van der Waals surface area (Å²) in [6.07, 6.45) is 2.14. The molecular weight excluding hydrogens is 397 g/mol. The van der Waals surface area contributed by atoms with Gasteiger partial charge in [-0.3, -0.25) is 0 Å². The van der Waals surface area contributed by atoms with Gasteiger partial charge >= 0.3 is 0 Å². The molecule has 0 saturated carbocycles. The van der Waals surface area contributed by atoms with E-state index in [1.54, 1.807) is 0 Å². The lowest BCUT2D eigenvalue weighted by molar-refractivity contribution is 0.314. The van der Waals surface area contributed by atoms with Gasteiger partial charge in [0, 0.05) is 51.3 Å². The molecule has 0 bridgehead atoms. The van der Waals surface area contributed by atoms with Crippen molar-refractivity contribution in [1.82, 2.24) is 9.88 Å². The number of anilines is 1. The van der Waals surface area contributed by atoms with Crippen LogP contribution in [-0.4, -0.2) is 28.1 Å². The first kappa shape index (κ1) is 18.6. The van der Waals surface area contributed by atoms with Crippen LogP contribution in [0.5, 0.6) is 0 Å². The number of aromatic amines is 1. The number of H-pyrrole nitrogens is 1. The van der Waals surface area contributed by atoms with Crippen molar-refractivity contribution in [3.8, 4) is 0 Å². The van der Waals surface area contributed by atoms with Crippen LogP contribution >= 0.6 is 35.4 Å². The molecule has 1 fully saturated rings. The smallest absolute Gasteiger partial charge is 0.173 e. The Hall–Kier alpha value is -1.75. The van der Waals surface area contributed by atoms with Crippen molar-refractivity contribution in [3.05, 3.63) is 63.8 Å². The molecule has 0 atom stereocenters. The quantitative estimate of drug-likeness (QED) is 0.475. The zero-order valence-electron chi connectivity index (χ0n) is 15.1. The van der Waals surface area contributed by atoms with Gasteiger partial charge in [-0.05, 0) is 80.0 Å². The minimum atomic E-state index is 0.521. The average Bonchev–Trinajstić information content (AvgIpc) is 3.07. The van der Waals surface area contributed by atoms with E-state index in [-0.39, 0.29) is 0 Å². The van der Waals surface area contributed by atoms with Crippen LogP contribution in [0.3, 0.4) is 0 Å². The molecule has 0 aliphatic carbocycles. The molecule has 4 rings (SSSR count). The summed E-state index contributed by atoms with van der Waals surface area (Å²) in [6, 6.07) is 14.0. The monoisotopic (exact) mass is 417 g/mol. The van der Waals surface area contributed by atoms with Crippen molar-refractivity contribution in [2.24, 2.45) is 0 Å². The van der Waals surface area contributed by atoms with E-state index in [0.29, 0.717) is 5.92 Å². The molecule has 0 amide bonds. The maximum Gasteiger partial charge on any atom is 0.173 e. The van der Waals surface area contributed by atoms with Gasteiger partial charge in [0.25, 0.3) is 0 Å². The topological polar surface area (TPSA) is 31.1 Å². The standard InChI is InChI=1S/C21H21Cl2N3S/c1-13-10-16(22)2-4-18(13)25-21(27)26-8-6-14(7-9-26)20-12-15-11-17(23)3-5-19(15)24-20/h2-5,10-12,14,24H,6-9H2,1H3,(H,25,27). The van der Waals surface area contributed by atoms with Crippen LogP contribution in [0.25, 0.3) is 10.9 Å². The van der Waals surface area contributed by atoms with Crippen molar-refractivity contribution >= 4 is 57.1 Å². The summed E-state index contributed by atoms with van der Waals surface area (Å²) < 4.78 is 0. The molecule has 0 unspecified atom stereocenters. The Morgan fingerprint density at radius 3 is 2.52 bits per heavy atom. The molecule has 140 valence electrons. The van der Waals surface area contributed by atoms with Gasteiger partial charge in [0.05, 0.1) is 0 Å². The lowest BCUT2D eigenvalue weighted by Crippen LogP contribution is -2.40. The van der Waals surface area contributed by atoms with Crippen LogP contribution in [0, 0.1) is 6.92 Å². The van der Waals surface area contributed by atoms with Crippen LogP contribution in [-0.2, 0) is 0 Å². The highest BCUT2D eigenvalue weighted by Crippen LogP contribution is 2.31. The number of hydrogen-bond acceptors (Lipinski definition) is 1. The van der Waals surface area contributed by atoms with E-state index in [4.69, 9.17) is 35.4 Å². The number of aryl methyl sites for hydroxylation is 1. The van der Waals surface area contributed by atoms with E-state index in [2.05, 4.69) is 21.3 Å². The summed E-state index contributed by atoms with van der Waals surface area (Å²) in [4.78, 5) is 5.80. The number of benzene rings is 2. The third kappa shape index (κ3) is 4.08. The highest BCUT2D eigenvalue weighted by atomic mass is 35.5. The third-order valence-corrected chi connectivity index (χ3v) is 6.09. The zero-order chi connectivity index (χ0) is 19.0. The van der Waals surface area contributed by atoms with Gasteiger partial charge in [0.2, 0.25) is 0 Å². The molecule has 0 radical (unpaired) electrons. The molecular formula is C21H21Cl2N3S. The molecule has 1 aliphatic rings. The highest BCUT2D eigenvalue weighted by Gasteiger charge is 2.23. The number of nitrogens with zero attached hydrogens (tertiary/aromatic N) is 1. The van der Waals surface area contributed by atoms with Crippen LogP contribution in [0.15, 0.2) is 42.5 Å². The first-order valence-electron chi connectivity index (χ1n) is 9.10. The molecule has 1 saturated heterocycles. The largest absolute Gasteiger partial charge is 0.358 e. The van der Waals surface area contributed by atoms with E-state index in [1.807, 2.05) is 43.3 Å². The number of thiocarbonyl (C=S) groups is 1. The number of hydrogen-bond donors (Lipinski definition) is 2. The van der Waals surface area contributed by atoms with Gasteiger partial charge < -0.3 is 15.2 Å². The third-order valence-electron chi connectivity index (χ3n) is 5.26. The highest BCUT2D eigenvalue weighted by molar-refractivity contribution is 7.80. The Labute approximate surface area is 174 Å². The average molecular weight is 418 g/mol. The summed E-state index contributed by atoms with van der Waals surface area (Å²) in [7, 11) is 0. The number of aromatic nitrogens is 1. The predicted octanol–water partition coefficient (Wildman–Crippen LogP) is 6.36. The summed E-state index contributed by atoms with van der Waals surface area (Å²) in [5, 5.41) is 6.84. The molecule has 27 heavy (non-hydrogen) atoms. The summed E-state index contributed by atoms with van der Waals surface area (Å²) in [5.41, 5.74) is 4.54. The second-order valence-corrected chi connectivity index (χ2v) is 8.37. The van der Waals surface area contributed by atoms with Crippen LogP contribution in [0.2, 0.25) is 10.0 Å². The first-order chi connectivity index (χ1) is 13.0. The normalized spacial score (nSPS) is 15.3. The number of piperidine rings is 1. The summed E-state index contributed by atoms with van der Waals surface area (Å²) in [6.45, 7) is 3.92. The second kappa shape index (κ2) is 7.70. The van der Waals surface area contributed by atoms with Crippen molar-refractivity contribution in [2.45, 2.75) is 25.7 Å².